The molecule has 0 spiro atoms. The molecule has 27 heavy (non-hydrogen) atoms. The van der Waals surface area contributed by atoms with Crippen molar-refractivity contribution < 1.29 is 4.74 Å². The van der Waals surface area contributed by atoms with E-state index in [1.54, 1.807) is 7.11 Å². The van der Waals surface area contributed by atoms with Crippen molar-refractivity contribution in [1.82, 2.24) is 35.2 Å². The van der Waals surface area contributed by atoms with Gasteiger partial charge in [-0.15, -0.1) is 10.2 Å². The van der Waals surface area contributed by atoms with E-state index in [2.05, 4.69) is 42.8 Å². The average Bonchev–Trinajstić information content (AvgIpc) is 3.41. The minimum absolute atomic E-state index is 0.528. The second-order valence-electron chi connectivity index (χ2n) is 6.89. The smallest absolute Gasteiger partial charge is 0.192 e. The zero-order valence-electron chi connectivity index (χ0n) is 16.5. The van der Waals surface area contributed by atoms with Crippen LogP contribution in [0.2, 0.25) is 0 Å². The van der Waals surface area contributed by atoms with E-state index in [9.17, 15) is 0 Å². The van der Waals surface area contributed by atoms with Crippen LogP contribution in [0.15, 0.2) is 17.3 Å². The number of guanidine groups is 1. The minimum Gasteiger partial charge on any atom is -0.383 e. The fraction of sp³-hybridized carbons (Fsp3) is 0.667. The van der Waals surface area contributed by atoms with Crippen LogP contribution in [0.25, 0.3) is 0 Å². The van der Waals surface area contributed by atoms with Gasteiger partial charge in [-0.2, -0.15) is 5.10 Å². The molecule has 0 atom stereocenters. The van der Waals surface area contributed by atoms with Crippen LogP contribution in [-0.2, 0) is 24.9 Å². The summed E-state index contributed by atoms with van der Waals surface area (Å²) in [4.78, 5) is 4.66. The summed E-state index contributed by atoms with van der Waals surface area (Å²) in [6, 6.07) is 2.61. The Balaban J connectivity index is 1.59. The van der Waals surface area contributed by atoms with Gasteiger partial charge >= 0.3 is 0 Å². The Kier molecular flexibility index (Phi) is 6.80. The molecular formula is C18H30N8O. The second kappa shape index (κ2) is 9.50. The highest BCUT2D eigenvalue weighted by molar-refractivity contribution is 5.79. The molecule has 0 bridgehead atoms. The van der Waals surface area contributed by atoms with Crippen LogP contribution in [0.1, 0.15) is 49.1 Å². The molecule has 2 heterocycles. The largest absolute Gasteiger partial charge is 0.383 e. The normalized spacial score (nSPS) is 15.4. The summed E-state index contributed by atoms with van der Waals surface area (Å²) in [7, 11) is 3.64. The third kappa shape index (κ3) is 5.29. The van der Waals surface area contributed by atoms with Crippen LogP contribution in [0.5, 0.6) is 0 Å². The van der Waals surface area contributed by atoms with E-state index in [1.165, 1.54) is 25.7 Å². The van der Waals surface area contributed by atoms with Crippen LogP contribution >= 0.6 is 0 Å². The maximum atomic E-state index is 5.11. The summed E-state index contributed by atoms with van der Waals surface area (Å²) >= 11 is 0. The highest BCUT2D eigenvalue weighted by atomic mass is 16.5. The molecule has 9 heteroatoms. The van der Waals surface area contributed by atoms with Crippen molar-refractivity contribution in [3.05, 3.63) is 29.6 Å². The number of rotatable bonds is 8. The molecule has 1 aliphatic carbocycles. The molecule has 1 fully saturated rings. The highest BCUT2D eigenvalue weighted by Crippen LogP contribution is 2.28. The molecule has 0 aliphatic heterocycles. The number of nitrogens with one attached hydrogen (secondary N) is 2. The number of ether oxygens (including phenoxy) is 1. The van der Waals surface area contributed by atoms with E-state index in [0.717, 1.165) is 17.3 Å². The van der Waals surface area contributed by atoms with E-state index >= 15 is 0 Å². The van der Waals surface area contributed by atoms with Gasteiger partial charge in [0.05, 0.1) is 31.4 Å². The molecule has 148 valence electrons. The molecule has 0 aromatic carbocycles. The van der Waals surface area contributed by atoms with E-state index in [0.29, 0.717) is 38.2 Å². The van der Waals surface area contributed by atoms with Gasteiger partial charge in [-0.1, -0.05) is 12.8 Å². The maximum absolute atomic E-state index is 5.11. The quantitative estimate of drug-likeness (QED) is 0.411. The van der Waals surface area contributed by atoms with Crippen LogP contribution in [0.3, 0.4) is 0 Å². The third-order valence-corrected chi connectivity index (χ3v) is 4.96. The van der Waals surface area contributed by atoms with Crippen molar-refractivity contribution in [2.45, 2.75) is 51.7 Å². The Morgan fingerprint density at radius 2 is 2.11 bits per heavy atom. The van der Waals surface area contributed by atoms with Crippen LogP contribution < -0.4 is 10.6 Å². The van der Waals surface area contributed by atoms with Gasteiger partial charge in [0.25, 0.3) is 0 Å². The lowest BCUT2D eigenvalue weighted by atomic mass is 10.3. The number of aliphatic imine (C=N–C) groups is 1. The Morgan fingerprint density at radius 1 is 1.30 bits per heavy atom. The Labute approximate surface area is 160 Å². The fourth-order valence-electron chi connectivity index (χ4n) is 3.21. The molecule has 2 N–H and O–H groups in total. The molecule has 3 rings (SSSR count). The van der Waals surface area contributed by atoms with Gasteiger partial charge in [0, 0.05) is 26.9 Å². The van der Waals surface area contributed by atoms with Crippen molar-refractivity contribution in [3.8, 4) is 0 Å². The van der Waals surface area contributed by atoms with Crippen molar-refractivity contribution in [2.24, 2.45) is 12.0 Å². The van der Waals surface area contributed by atoms with E-state index in [4.69, 9.17) is 9.84 Å². The summed E-state index contributed by atoms with van der Waals surface area (Å²) in [6.45, 7) is 4.30. The molecule has 0 radical (unpaired) electrons. The van der Waals surface area contributed by atoms with Gasteiger partial charge in [0.1, 0.15) is 5.82 Å². The standard InChI is InChI=1S/C18H30N8O/c1-14-22-23-17(25(14)2)13-21-18(19-9-11-27-3)20-12-15-8-10-26(24-15)16-6-4-5-7-16/h8,10,16H,4-7,9,11-13H2,1-3H3,(H2,19,20,21). The molecule has 2 aromatic heterocycles. The summed E-state index contributed by atoms with van der Waals surface area (Å²) in [5.41, 5.74) is 0.976. The summed E-state index contributed by atoms with van der Waals surface area (Å²) in [5, 5.41) is 19.5. The van der Waals surface area contributed by atoms with Crippen LogP contribution in [0.4, 0.5) is 0 Å². The zero-order chi connectivity index (χ0) is 19.1. The van der Waals surface area contributed by atoms with E-state index in [-0.39, 0.29) is 0 Å². The van der Waals surface area contributed by atoms with Crippen LogP contribution in [0, 0.1) is 6.92 Å². The van der Waals surface area contributed by atoms with Gasteiger partial charge in [-0.05, 0) is 25.8 Å². The first kappa shape index (κ1) is 19.3. The van der Waals surface area contributed by atoms with Gasteiger partial charge < -0.3 is 19.9 Å². The minimum atomic E-state index is 0.528. The molecule has 1 aliphatic rings. The predicted molar refractivity (Wildman–Crippen MR) is 103 cm³/mol. The maximum Gasteiger partial charge on any atom is 0.192 e. The van der Waals surface area contributed by atoms with Gasteiger partial charge in [0.2, 0.25) is 0 Å². The van der Waals surface area contributed by atoms with Gasteiger partial charge in [0.15, 0.2) is 11.8 Å². The number of hydrogen-bond donors (Lipinski definition) is 2. The predicted octanol–water partition coefficient (Wildman–Crippen LogP) is 1.32. The van der Waals surface area contributed by atoms with Crippen molar-refractivity contribution in [1.29, 1.82) is 0 Å². The SMILES string of the molecule is COCCNC(=NCc1ccn(C2CCCC2)n1)NCc1nnc(C)n1C. The lowest BCUT2D eigenvalue weighted by Crippen LogP contribution is -2.39. The molecule has 0 amide bonds. The molecule has 0 unspecified atom stereocenters. The van der Waals surface area contributed by atoms with Crippen LogP contribution in [-0.4, -0.2) is 50.8 Å². The molecular weight excluding hydrogens is 344 g/mol. The molecule has 0 saturated heterocycles. The average molecular weight is 374 g/mol. The molecule has 2 aromatic rings. The molecule has 9 nitrogen and oxygen atoms in total. The number of aromatic nitrogens is 5. The summed E-state index contributed by atoms with van der Waals surface area (Å²) in [5.74, 6) is 2.46. The Hall–Kier alpha value is -2.42. The lowest BCUT2D eigenvalue weighted by Gasteiger charge is -2.12. The number of methoxy groups -OCH3 is 1. The van der Waals surface area contributed by atoms with Crippen molar-refractivity contribution >= 4 is 5.96 Å². The first-order chi connectivity index (χ1) is 13.2. The monoisotopic (exact) mass is 374 g/mol. The summed E-state index contributed by atoms with van der Waals surface area (Å²) in [6.07, 6.45) is 7.14. The second-order valence-corrected chi connectivity index (χ2v) is 6.89. The number of aryl methyl sites for hydroxylation is 1. The summed E-state index contributed by atoms with van der Waals surface area (Å²) < 4.78 is 9.18. The van der Waals surface area contributed by atoms with E-state index < -0.39 is 0 Å². The lowest BCUT2D eigenvalue weighted by molar-refractivity contribution is 0.203. The van der Waals surface area contributed by atoms with Gasteiger partial charge in [-0.3, -0.25) is 4.68 Å². The molecule has 1 saturated carbocycles. The van der Waals surface area contributed by atoms with Crippen molar-refractivity contribution in [2.75, 3.05) is 20.3 Å². The highest BCUT2D eigenvalue weighted by Gasteiger charge is 2.17. The van der Waals surface area contributed by atoms with Gasteiger partial charge in [-0.25, -0.2) is 4.99 Å². The topological polar surface area (TPSA) is 94.2 Å². The number of nitrogens with zero attached hydrogens (tertiary/aromatic N) is 6. The van der Waals surface area contributed by atoms with E-state index in [1.807, 2.05) is 18.5 Å². The first-order valence-electron chi connectivity index (χ1n) is 9.57. The number of hydrogen-bond acceptors (Lipinski definition) is 5. The van der Waals surface area contributed by atoms with Crippen molar-refractivity contribution in [3.63, 3.8) is 0 Å². The third-order valence-electron chi connectivity index (χ3n) is 4.96. The first-order valence-corrected chi connectivity index (χ1v) is 9.57. The zero-order valence-corrected chi connectivity index (χ0v) is 16.5. The Bertz CT molecular complexity index is 744. The fourth-order valence-corrected chi connectivity index (χ4v) is 3.21. The Morgan fingerprint density at radius 3 is 2.81 bits per heavy atom.